The van der Waals surface area contributed by atoms with Crippen molar-refractivity contribution in [1.82, 2.24) is 9.62 Å². The zero-order valence-corrected chi connectivity index (χ0v) is 18.4. The highest BCUT2D eigenvalue weighted by molar-refractivity contribution is 7.89. The molecule has 0 radical (unpaired) electrons. The quantitative estimate of drug-likeness (QED) is 0.767. The smallest absolute Gasteiger partial charge is 0.329 e. The highest BCUT2D eigenvalue weighted by atomic mass is 32.2. The SMILES string of the molecule is COc1ccc(S(=O)(=O)N2CC[C@H]3NC(=O)N(c4ccc(C(C)C)cc4)C(=O)[C@H]32)cc1. The van der Waals surface area contributed by atoms with Crippen LogP contribution in [0, 0.1) is 0 Å². The topological polar surface area (TPSA) is 96.0 Å². The first-order chi connectivity index (χ1) is 14.7. The number of fused-ring (bicyclic) bond motifs is 1. The van der Waals surface area contributed by atoms with E-state index in [9.17, 15) is 18.0 Å². The lowest BCUT2D eigenvalue weighted by atomic mass is 10.0. The fourth-order valence-corrected chi connectivity index (χ4v) is 5.70. The predicted octanol–water partition coefficient (Wildman–Crippen LogP) is 2.71. The Hall–Kier alpha value is -2.91. The average molecular weight is 444 g/mol. The van der Waals surface area contributed by atoms with Gasteiger partial charge in [0.1, 0.15) is 11.8 Å². The molecule has 2 atom stereocenters. The van der Waals surface area contributed by atoms with E-state index in [0.717, 1.165) is 10.5 Å². The molecule has 2 aliphatic rings. The maximum Gasteiger partial charge on any atom is 0.329 e. The van der Waals surface area contributed by atoms with Gasteiger partial charge in [0, 0.05) is 6.54 Å². The van der Waals surface area contributed by atoms with E-state index in [2.05, 4.69) is 19.2 Å². The fraction of sp³-hybridized carbons (Fsp3) is 0.364. The number of imide groups is 1. The normalized spacial score (nSPS) is 21.9. The molecule has 2 fully saturated rings. The number of anilines is 1. The summed E-state index contributed by atoms with van der Waals surface area (Å²) in [6.07, 6.45) is 0.373. The van der Waals surface area contributed by atoms with Crippen LogP contribution in [0.2, 0.25) is 0 Å². The van der Waals surface area contributed by atoms with Gasteiger partial charge in [0.25, 0.3) is 5.91 Å². The molecule has 0 aromatic heterocycles. The lowest BCUT2D eigenvalue weighted by Gasteiger charge is -2.36. The number of nitrogens with one attached hydrogen (secondary N) is 1. The molecule has 2 aromatic rings. The second-order valence-corrected chi connectivity index (χ2v) is 9.89. The molecule has 0 bridgehead atoms. The molecule has 0 unspecified atom stereocenters. The van der Waals surface area contributed by atoms with Crippen LogP contribution in [-0.4, -0.2) is 50.4 Å². The Kier molecular flexibility index (Phi) is 5.49. The third-order valence-corrected chi connectivity index (χ3v) is 7.72. The summed E-state index contributed by atoms with van der Waals surface area (Å²) in [7, 11) is -2.43. The van der Waals surface area contributed by atoms with Gasteiger partial charge in [-0.1, -0.05) is 26.0 Å². The summed E-state index contributed by atoms with van der Waals surface area (Å²) >= 11 is 0. The molecule has 9 heteroatoms. The second kappa shape index (κ2) is 7.97. The van der Waals surface area contributed by atoms with Gasteiger partial charge >= 0.3 is 6.03 Å². The van der Waals surface area contributed by atoms with E-state index in [1.807, 2.05) is 12.1 Å². The number of carbonyl (C=O) groups is 2. The van der Waals surface area contributed by atoms with Gasteiger partial charge in [-0.25, -0.2) is 18.1 Å². The highest BCUT2D eigenvalue weighted by Gasteiger charge is 2.52. The van der Waals surface area contributed by atoms with Gasteiger partial charge in [0.2, 0.25) is 10.0 Å². The summed E-state index contributed by atoms with van der Waals surface area (Å²) in [5.41, 5.74) is 1.50. The summed E-state index contributed by atoms with van der Waals surface area (Å²) in [5, 5.41) is 2.81. The number of methoxy groups -OCH3 is 1. The highest BCUT2D eigenvalue weighted by Crippen LogP contribution is 2.32. The van der Waals surface area contributed by atoms with Crippen molar-refractivity contribution in [3.05, 3.63) is 54.1 Å². The van der Waals surface area contributed by atoms with Crippen LogP contribution in [0.5, 0.6) is 5.75 Å². The monoisotopic (exact) mass is 443 g/mol. The third-order valence-electron chi connectivity index (χ3n) is 5.82. The van der Waals surface area contributed by atoms with Gasteiger partial charge in [-0.2, -0.15) is 4.31 Å². The molecule has 0 aliphatic carbocycles. The van der Waals surface area contributed by atoms with Crippen molar-refractivity contribution in [2.75, 3.05) is 18.6 Å². The van der Waals surface area contributed by atoms with Gasteiger partial charge in [-0.05, 0) is 54.3 Å². The molecule has 4 rings (SSSR count). The lowest BCUT2D eigenvalue weighted by Crippen LogP contribution is -2.64. The first-order valence-electron chi connectivity index (χ1n) is 10.1. The van der Waals surface area contributed by atoms with Crippen molar-refractivity contribution in [1.29, 1.82) is 0 Å². The van der Waals surface area contributed by atoms with Crippen molar-refractivity contribution in [3.63, 3.8) is 0 Å². The number of carbonyl (C=O) groups excluding carboxylic acids is 2. The standard InChI is InChI=1S/C22H25N3O5S/c1-14(2)15-4-6-16(7-5-15)25-21(26)20-19(23-22(25)27)12-13-24(20)31(28,29)18-10-8-17(30-3)9-11-18/h4-11,14,19-20H,12-13H2,1-3H3,(H,23,27)/t19-,20+/m1/s1. The van der Waals surface area contributed by atoms with Crippen LogP contribution < -0.4 is 15.0 Å². The summed E-state index contributed by atoms with van der Waals surface area (Å²) in [4.78, 5) is 27.2. The lowest BCUT2D eigenvalue weighted by molar-refractivity contribution is -0.122. The summed E-state index contributed by atoms with van der Waals surface area (Å²) in [6, 6.07) is 11.1. The van der Waals surface area contributed by atoms with E-state index in [-0.39, 0.29) is 11.4 Å². The molecule has 2 aromatic carbocycles. The van der Waals surface area contributed by atoms with E-state index in [1.54, 1.807) is 24.3 Å². The van der Waals surface area contributed by atoms with Crippen LogP contribution in [0.3, 0.4) is 0 Å². The average Bonchev–Trinajstić information content (AvgIpc) is 3.19. The second-order valence-electron chi connectivity index (χ2n) is 8.00. The van der Waals surface area contributed by atoms with Gasteiger partial charge in [-0.15, -0.1) is 0 Å². The zero-order chi connectivity index (χ0) is 22.3. The fourth-order valence-electron chi connectivity index (χ4n) is 4.07. The van der Waals surface area contributed by atoms with E-state index in [4.69, 9.17) is 4.74 Å². The minimum atomic E-state index is -3.93. The van der Waals surface area contributed by atoms with Crippen LogP contribution in [0.25, 0.3) is 0 Å². The molecule has 164 valence electrons. The number of hydrogen-bond donors (Lipinski definition) is 1. The maximum atomic E-state index is 13.4. The van der Waals surface area contributed by atoms with E-state index < -0.39 is 34.0 Å². The Morgan fingerprint density at radius 3 is 2.26 bits per heavy atom. The number of rotatable bonds is 5. The number of amides is 3. The molecular weight excluding hydrogens is 418 g/mol. The molecule has 2 saturated heterocycles. The molecule has 2 heterocycles. The van der Waals surface area contributed by atoms with Crippen molar-refractivity contribution < 1.29 is 22.7 Å². The van der Waals surface area contributed by atoms with Gasteiger partial charge in [0.05, 0.1) is 23.7 Å². The van der Waals surface area contributed by atoms with Crippen LogP contribution in [-0.2, 0) is 14.8 Å². The van der Waals surface area contributed by atoms with Gasteiger partial charge < -0.3 is 10.1 Å². The minimum absolute atomic E-state index is 0.0755. The molecule has 1 N–H and O–H groups in total. The number of ether oxygens (including phenoxy) is 1. The molecule has 3 amide bonds. The summed E-state index contributed by atoms with van der Waals surface area (Å²) in [6.45, 7) is 4.26. The number of benzene rings is 2. The van der Waals surface area contributed by atoms with Crippen LogP contribution in [0.4, 0.5) is 10.5 Å². The molecule has 31 heavy (non-hydrogen) atoms. The van der Waals surface area contributed by atoms with Crippen molar-refractivity contribution >= 4 is 27.6 Å². The van der Waals surface area contributed by atoms with E-state index in [1.165, 1.54) is 23.5 Å². The Labute approximate surface area is 181 Å². The van der Waals surface area contributed by atoms with Crippen molar-refractivity contribution in [2.24, 2.45) is 0 Å². The predicted molar refractivity (Wildman–Crippen MR) is 116 cm³/mol. The molecule has 0 saturated carbocycles. The Morgan fingerprint density at radius 1 is 1.03 bits per heavy atom. The molecule has 8 nitrogen and oxygen atoms in total. The van der Waals surface area contributed by atoms with E-state index in [0.29, 0.717) is 23.8 Å². The Bertz CT molecular complexity index is 1100. The molecule has 0 spiro atoms. The summed E-state index contributed by atoms with van der Waals surface area (Å²) < 4.78 is 32.8. The van der Waals surface area contributed by atoms with Crippen LogP contribution >= 0.6 is 0 Å². The number of urea groups is 1. The molecular formula is C22H25N3O5S. The Balaban J connectivity index is 1.65. The number of hydrogen-bond acceptors (Lipinski definition) is 5. The first kappa shape index (κ1) is 21.3. The number of nitrogens with zero attached hydrogens (tertiary/aromatic N) is 2. The van der Waals surface area contributed by atoms with Crippen LogP contribution in [0.15, 0.2) is 53.4 Å². The maximum absolute atomic E-state index is 13.4. The Morgan fingerprint density at radius 2 is 1.68 bits per heavy atom. The van der Waals surface area contributed by atoms with Crippen molar-refractivity contribution in [2.45, 2.75) is 43.2 Å². The van der Waals surface area contributed by atoms with Gasteiger partial charge in [0.15, 0.2) is 0 Å². The first-order valence-corrected chi connectivity index (χ1v) is 11.6. The van der Waals surface area contributed by atoms with Gasteiger partial charge in [-0.3, -0.25) is 4.79 Å². The van der Waals surface area contributed by atoms with Crippen LogP contribution in [0.1, 0.15) is 31.7 Å². The summed E-state index contributed by atoms with van der Waals surface area (Å²) in [5.74, 6) is 0.306. The van der Waals surface area contributed by atoms with E-state index >= 15 is 0 Å². The minimum Gasteiger partial charge on any atom is -0.497 e. The van der Waals surface area contributed by atoms with Crippen molar-refractivity contribution in [3.8, 4) is 5.75 Å². The molecule has 2 aliphatic heterocycles. The largest absolute Gasteiger partial charge is 0.497 e. The number of sulfonamides is 1. The zero-order valence-electron chi connectivity index (χ0n) is 17.6. The third kappa shape index (κ3) is 3.68.